The van der Waals surface area contributed by atoms with Gasteiger partial charge in [0.25, 0.3) is 5.56 Å². The van der Waals surface area contributed by atoms with Gasteiger partial charge in [0.15, 0.2) is 5.65 Å². The Balaban J connectivity index is 1.34. The first-order valence-corrected chi connectivity index (χ1v) is 10.7. The van der Waals surface area contributed by atoms with Gasteiger partial charge in [0.05, 0.1) is 24.9 Å². The van der Waals surface area contributed by atoms with Crippen LogP contribution in [0.15, 0.2) is 65.8 Å². The molecule has 0 bridgehead atoms. The Labute approximate surface area is 194 Å². The van der Waals surface area contributed by atoms with E-state index in [1.54, 1.807) is 41.0 Å². The molecule has 5 rings (SSSR count). The zero-order valence-electron chi connectivity index (χ0n) is 18.6. The number of rotatable bonds is 5. The van der Waals surface area contributed by atoms with E-state index < -0.39 is 17.4 Å². The molecule has 0 saturated carbocycles. The van der Waals surface area contributed by atoms with E-state index in [-0.39, 0.29) is 24.3 Å². The van der Waals surface area contributed by atoms with Crippen molar-refractivity contribution >= 4 is 28.5 Å². The minimum Gasteiger partial charge on any atom is -0.497 e. The molecule has 1 atom stereocenters. The molecule has 4 aromatic rings. The lowest BCUT2D eigenvalue weighted by atomic mass is 10.1. The Hall–Kier alpha value is -4.47. The summed E-state index contributed by atoms with van der Waals surface area (Å²) in [5, 5.41) is 4.56. The van der Waals surface area contributed by atoms with Gasteiger partial charge < -0.3 is 9.64 Å². The number of carbonyl (C=O) groups excluding carboxylic acids is 2. The first-order valence-electron chi connectivity index (χ1n) is 10.7. The van der Waals surface area contributed by atoms with E-state index in [1.807, 2.05) is 31.2 Å². The second-order valence-electron chi connectivity index (χ2n) is 8.13. The molecule has 1 unspecified atom stereocenters. The van der Waals surface area contributed by atoms with Gasteiger partial charge in [-0.15, -0.1) is 0 Å². The van der Waals surface area contributed by atoms with Crippen LogP contribution >= 0.6 is 0 Å². The van der Waals surface area contributed by atoms with Crippen LogP contribution in [0.3, 0.4) is 0 Å². The van der Waals surface area contributed by atoms with Crippen LogP contribution < -0.4 is 20.6 Å². The fourth-order valence-electron chi connectivity index (χ4n) is 3.97. The molecule has 1 N–H and O–H groups in total. The zero-order valence-corrected chi connectivity index (χ0v) is 18.6. The van der Waals surface area contributed by atoms with Crippen LogP contribution in [0.5, 0.6) is 5.75 Å². The van der Waals surface area contributed by atoms with Gasteiger partial charge in [0.1, 0.15) is 17.5 Å². The van der Waals surface area contributed by atoms with Crippen molar-refractivity contribution in [2.45, 2.75) is 13.3 Å². The SMILES string of the molecule is COc1ccc(N2CC(C(=O)Nn3cnc4c(cnn4-c4ccc(C)cc4)c3=O)CC2=O)cc1. The number of nitrogens with zero attached hydrogens (tertiary/aromatic N) is 5. The molecule has 2 aromatic carbocycles. The van der Waals surface area contributed by atoms with Gasteiger partial charge in [0, 0.05) is 18.7 Å². The third kappa shape index (κ3) is 3.79. The van der Waals surface area contributed by atoms with E-state index in [1.165, 1.54) is 12.5 Å². The summed E-state index contributed by atoms with van der Waals surface area (Å²) in [7, 11) is 1.57. The van der Waals surface area contributed by atoms with Gasteiger partial charge >= 0.3 is 0 Å². The summed E-state index contributed by atoms with van der Waals surface area (Å²) < 4.78 is 7.75. The number of fused-ring (bicyclic) bond motifs is 1. The van der Waals surface area contributed by atoms with Crippen molar-refractivity contribution in [1.82, 2.24) is 19.4 Å². The van der Waals surface area contributed by atoms with E-state index in [0.29, 0.717) is 17.1 Å². The summed E-state index contributed by atoms with van der Waals surface area (Å²) in [6, 6.07) is 14.7. The van der Waals surface area contributed by atoms with Gasteiger partial charge in [0.2, 0.25) is 11.8 Å². The monoisotopic (exact) mass is 458 g/mol. The normalized spacial score (nSPS) is 15.6. The highest BCUT2D eigenvalue weighted by Crippen LogP contribution is 2.27. The van der Waals surface area contributed by atoms with E-state index in [0.717, 1.165) is 15.9 Å². The Morgan fingerprint density at radius 2 is 1.76 bits per heavy atom. The molecular weight excluding hydrogens is 436 g/mol. The fraction of sp³-hybridized carbons (Fsp3) is 0.208. The minimum absolute atomic E-state index is 0.0492. The molecule has 0 aliphatic carbocycles. The third-order valence-corrected chi connectivity index (χ3v) is 5.88. The second kappa shape index (κ2) is 8.47. The predicted molar refractivity (Wildman–Crippen MR) is 126 cm³/mol. The molecule has 34 heavy (non-hydrogen) atoms. The topological polar surface area (TPSA) is 111 Å². The van der Waals surface area contributed by atoms with E-state index in [9.17, 15) is 14.4 Å². The number of benzene rings is 2. The molecule has 2 aromatic heterocycles. The van der Waals surface area contributed by atoms with Crippen molar-refractivity contribution in [2.75, 3.05) is 24.0 Å². The lowest BCUT2D eigenvalue weighted by Gasteiger charge is -2.17. The van der Waals surface area contributed by atoms with Crippen LogP contribution in [0.4, 0.5) is 5.69 Å². The van der Waals surface area contributed by atoms with E-state index >= 15 is 0 Å². The van der Waals surface area contributed by atoms with E-state index in [2.05, 4.69) is 15.5 Å². The van der Waals surface area contributed by atoms with Crippen molar-refractivity contribution < 1.29 is 14.3 Å². The number of hydrogen-bond acceptors (Lipinski definition) is 6. The lowest BCUT2D eigenvalue weighted by Crippen LogP contribution is -2.37. The molecule has 2 amide bonds. The summed E-state index contributed by atoms with van der Waals surface area (Å²) in [5.41, 5.74) is 5.08. The van der Waals surface area contributed by atoms with Crippen LogP contribution in [-0.4, -0.2) is 44.9 Å². The van der Waals surface area contributed by atoms with Gasteiger partial charge in [-0.25, -0.2) is 14.3 Å². The Bertz CT molecular complexity index is 1440. The molecule has 1 fully saturated rings. The van der Waals surface area contributed by atoms with Gasteiger partial charge in [-0.05, 0) is 43.3 Å². The molecule has 0 radical (unpaired) electrons. The second-order valence-corrected chi connectivity index (χ2v) is 8.13. The summed E-state index contributed by atoms with van der Waals surface area (Å²) in [6.07, 6.45) is 2.73. The smallest absolute Gasteiger partial charge is 0.283 e. The maximum absolute atomic E-state index is 13.0. The number of aryl methyl sites for hydroxylation is 1. The molecular formula is C24H22N6O4. The number of amides is 2. The van der Waals surface area contributed by atoms with Crippen molar-refractivity contribution in [3.8, 4) is 11.4 Å². The Kier molecular flexibility index (Phi) is 5.33. The number of ether oxygens (including phenoxy) is 1. The lowest BCUT2D eigenvalue weighted by molar-refractivity contribution is -0.123. The molecule has 1 aliphatic rings. The fourth-order valence-corrected chi connectivity index (χ4v) is 3.97. The maximum atomic E-state index is 13.0. The molecule has 1 aliphatic heterocycles. The number of hydrogen-bond donors (Lipinski definition) is 1. The third-order valence-electron chi connectivity index (χ3n) is 5.88. The molecule has 3 heterocycles. The highest BCUT2D eigenvalue weighted by Gasteiger charge is 2.35. The Morgan fingerprint density at radius 1 is 1.06 bits per heavy atom. The minimum atomic E-state index is -0.604. The molecule has 0 spiro atoms. The summed E-state index contributed by atoms with van der Waals surface area (Å²) >= 11 is 0. The number of nitrogens with one attached hydrogen (secondary N) is 1. The van der Waals surface area contributed by atoms with Gasteiger partial charge in [-0.2, -0.15) is 5.10 Å². The van der Waals surface area contributed by atoms with Crippen LogP contribution in [0, 0.1) is 12.8 Å². The highest BCUT2D eigenvalue weighted by molar-refractivity contribution is 6.01. The quantitative estimate of drug-likeness (QED) is 0.490. The molecule has 172 valence electrons. The average Bonchev–Trinajstić information content (AvgIpc) is 3.46. The summed E-state index contributed by atoms with van der Waals surface area (Å²) in [4.78, 5) is 44.2. The summed E-state index contributed by atoms with van der Waals surface area (Å²) in [5.74, 6) is -0.519. The van der Waals surface area contributed by atoms with E-state index in [4.69, 9.17) is 4.74 Å². The largest absolute Gasteiger partial charge is 0.497 e. The summed E-state index contributed by atoms with van der Waals surface area (Å²) in [6.45, 7) is 2.20. The van der Waals surface area contributed by atoms with Crippen molar-refractivity contribution in [3.63, 3.8) is 0 Å². The number of methoxy groups -OCH3 is 1. The van der Waals surface area contributed by atoms with Crippen molar-refractivity contribution in [2.24, 2.45) is 5.92 Å². The standard InChI is InChI=1S/C24H22N6O4/c1-15-3-5-18(6-4-15)30-22-20(12-26-30)24(33)29(14-25-22)27-23(32)16-11-21(31)28(13-16)17-7-9-19(34-2)10-8-17/h3-10,12,14,16H,11,13H2,1-2H3,(H,27,32). The molecule has 10 nitrogen and oxygen atoms in total. The van der Waals surface area contributed by atoms with Gasteiger partial charge in [-0.1, -0.05) is 17.7 Å². The van der Waals surface area contributed by atoms with Crippen LogP contribution in [0.25, 0.3) is 16.7 Å². The zero-order chi connectivity index (χ0) is 23.8. The molecule has 10 heteroatoms. The number of carbonyl (C=O) groups is 2. The maximum Gasteiger partial charge on any atom is 0.283 e. The van der Waals surface area contributed by atoms with Crippen LogP contribution in [0.1, 0.15) is 12.0 Å². The predicted octanol–water partition coefficient (Wildman–Crippen LogP) is 2.02. The van der Waals surface area contributed by atoms with Crippen LogP contribution in [-0.2, 0) is 9.59 Å². The van der Waals surface area contributed by atoms with Crippen LogP contribution in [0.2, 0.25) is 0 Å². The van der Waals surface area contributed by atoms with Crippen molar-refractivity contribution in [3.05, 3.63) is 77.0 Å². The number of anilines is 1. The van der Waals surface area contributed by atoms with Crippen molar-refractivity contribution in [1.29, 1.82) is 0 Å². The first-order chi connectivity index (χ1) is 16.4. The molecule has 1 saturated heterocycles. The highest BCUT2D eigenvalue weighted by atomic mass is 16.5. The van der Waals surface area contributed by atoms with Gasteiger partial charge in [-0.3, -0.25) is 19.8 Å². The Morgan fingerprint density at radius 3 is 2.47 bits per heavy atom. The number of aromatic nitrogens is 4. The average molecular weight is 458 g/mol. The first kappa shape index (κ1) is 21.4.